The standard InChI is InChI=1S/C4H6FSi/c1-2-4-6-5-3-1/h1-4H,6H2/q+1. The minimum absolute atomic E-state index is 0.384. The molecular formula is C4H6FSi+. The highest BCUT2D eigenvalue weighted by Gasteiger charge is 1.93. The fourth-order valence-electron chi connectivity index (χ4n) is 0.326. The molecule has 2 heteroatoms. The second-order valence-electron chi connectivity index (χ2n) is 1.06. The first kappa shape index (κ1) is 3.80. The highest BCUT2D eigenvalue weighted by molar-refractivity contribution is 6.31. The van der Waals surface area contributed by atoms with Crippen LogP contribution in [0.3, 0.4) is 0 Å². The molecule has 0 saturated carbocycles. The van der Waals surface area contributed by atoms with E-state index in [9.17, 15) is 0 Å². The summed E-state index contributed by atoms with van der Waals surface area (Å²) >= 11 is 0. The number of hydrogen-bond acceptors (Lipinski definition) is 0. The third-order valence-corrected chi connectivity index (χ3v) is 1.39. The number of hydrogen-bond donors (Lipinski definition) is 0. The Hall–Kier alpha value is -0.373. The van der Waals surface area contributed by atoms with Gasteiger partial charge in [-0.15, -0.1) is 0 Å². The van der Waals surface area contributed by atoms with Crippen LogP contribution < -0.4 is 0 Å². The normalized spacial score (nSPS) is 22.7. The van der Waals surface area contributed by atoms with Crippen LogP contribution >= 0.6 is 0 Å². The third-order valence-electron chi connectivity index (χ3n) is 0.587. The van der Waals surface area contributed by atoms with Crippen molar-refractivity contribution in [3.8, 4) is 0 Å². The summed E-state index contributed by atoms with van der Waals surface area (Å²) < 4.78 is 5.83. The van der Waals surface area contributed by atoms with Crippen molar-refractivity contribution in [2.24, 2.45) is 0 Å². The van der Waals surface area contributed by atoms with E-state index in [1.54, 1.807) is 6.33 Å². The Morgan fingerprint density at radius 3 is 2.50 bits per heavy atom. The van der Waals surface area contributed by atoms with Crippen molar-refractivity contribution < 1.29 is 3.79 Å². The van der Waals surface area contributed by atoms with Gasteiger partial charge in [-0.2, -0.15) is 0 Å². The quantitative estimate of drug-likeness (QED) is 0.302. The Balaban J connectivity index is 2.46. The zero-order valence-corrected chi connectivity index (χ0v) is 4.81. The van der Waals surface area contributed by atoms with Gasteiger partial charge in [0, 0.05) is 6.08 Å². The topological polar surface area (TPSA) is 0 Å². The SMILES string of the molecule is C1=C[F+][SiH2]C=C1. The predicted octanol–water partition coefficient (Wildman–Crippen LogP) is 0.196. The molecule has 0 radical (unpaired) electrons. The fourth-order valence-corrected chi connectivity index (χ4v) is 0.895. The Labute approximate surface area is 38.8 Å². The first-order chi connectivity index (χ1) is 3.00. The fraction of sp³-hybridized carbons (Fsp3) is 0. The molecule has 32 valence electrons. The number of rotatable bonds is 0. The van der Waals surface area contributed by atoms with Crippen LogP contribution in [0.2, 0.25) is 0 Å². The molecule has 0 N–H and O–H groups in total. The van der Waals surface area contributed by atoms with Gasteiger partial charge in [0.25, 0.3) is 0 Å². The van der Waals surface area contributed by atoms with Crippen LogP contribution in [0.5, 0.6) is 0 Å². The first-order valence-corrected chi connectivity index (χ1v) is 3.24. The molecule has 0 aromatic heterocycles. The lowest BCUT2D eigenvalue weighted by atomic mass is 10.6. The van der Waals surface area contributed by atoms with Crippen molar-refractivity contribution in [2.75, 3.05) is 0 Å². The van der Waals surface area contributed by atoms with E-state index >= 15 is 0 Å². The van der Waals surface area contributed by atoms with Gasteiger partial charge in [0.1, 0.15) is 0 Å². The monoisotopic (exact) mass is 101 g/mol. The average molecular weight is 101 g/mol. The van der Waals surface area contributed by atoms with Crippen LogP contribution in [-0.4, -0.2) is 9.85 Å². The molecule has 0 aliphatic carbocycles. The van der Waals surface area contributed by atoms with Crippen LogP contribution in [0, 0.1) is 3.79 Å². The lowest BCUT2D eigenvalue weighted by molar-refractivity contribution is -0.432. The van der Waals surface area contributed by atoms with Gasteiger partial charge in [-0.3, -0.25) is 3.79 Å². The summed E-state index contributed by atoms with van der Waals surface area (Å²) in [5.74, 6) is 0. The van der Waals surface area contributed by atoms with E-state index in [2.05, 4.69) is 0 Å². The summed E-state index contributed by atoms with van der Waals surface area (Å²) in [4.78, 5) is 0. The summed E-state index contributed by atoms with van der Waals surface area (Å²) in [6.45, 7) is 0. The van der Waals surface area contributed by atoms with Crippen molar-refractivity contribution >= 4 is 9.85 Å². The van der Waals surface area contributed by atoms with Crippen LogP contribution in [-0.2, 0) is 0 Å². The summed E-state index contributed by atoms with van der Waals surface area (Å²) in [5, 5.41) is 0. The summed E-state index contributed by atoms with van der Waals surface area (Å²) in [6.07, 6.45) is 5.45. The summed E-state index contributed by atoms with van der Waals surface area (Å²) in [5.41, 5.74) is 2.04. The summed E-state index contributed by atoms with van der Waals surface area (Å²) in [7, 11) is -0.384. The van der Waals surface area contributed by atoms with Gasteiger partial charge >= 0.3 is 9.85 Å². The molecule has 6 heavy (non-hydrogen) atoms. The number of halogens is 1. The molecule has 0 amide bonds. The highest BCUT2D eigenvalue weighted by Crippen LogP contribution is 1.85. The van der Waals surface area contributed by atoms with Gasteiger partial charge in [-0.25, -0.2) is 0 Å². The van der Waals surface area contributed by atoms with E-state index in [0.717, 1.165) is 0 Å². The van der Waals surface area contributed by atoms with Crippen LogP contribution in [0.4, 0.5) is 0 Å². The zero-order valence-electron chi connectivity index (χ0n) is 3.39. The van der Waals surface area contributed by atoms with Crippen molar-refractivity contribution in [1.29, 1.82) is 0 Å². The van der Waals surface area contributed by atoms with Crippen molar-refractivity contribution in [2.45, 2.75) is 0 Å². The Kier molecular flexibility index (Phi) is 1.22. The molecule has 0 saturated heterocycles. The van der Waals surface area contributed by atoms with E-state index < -0.39 is 0 Å². The molecule has 0 aromatic carbocycles. The predicted molar refractivity (Wildman–Crippen MR) is 26.8 cm³/mol. The van der Waals surface area contributed by atoms with E-state index in [1.165, 1.54) is 0 Å². The zero-order chi connectivity index (χ0) is 4.24. The third kappa shape index (κ3) is 0.790. The van der Waals surface area contributed by atoms with Crippen LogP contribution in [0.25, 0.3) is 0 Å². The largest absolute Gasteiger partial charge is 0.480 e. The molecule has 0 fully saturated rings. The second kappa shape index (κ2) is 1.92. The lowest BCUT2D eigenvalue weighted by Gasteiger charge is -1.77. The van der Waals surface area contributed by atoms with Gasteiger partial charge in [0.15, 0.2) is 0 Å². The number of allylic oxidation sites excluding steroid dienone is 2. The van der Waals surface area contributed by atoms with Gasteiger partial charge in [-0.05, 0) is 5.70 Å². The summed E-state index contributed by atoms with van der Waals surface area (Å²) in [6, 6.07) is 0. The molecule has 1 rings (SSSR count). The van der Waals surface area contributed by atoms with Gasteiger partial charge in [-0.1, -0.05) is 6.08 Å². The van der Waals surface area contributed by atoms with Crippen molar-refractivity contribution in [3.05, 3.63) is 24.2 Å². The van der Waals surface area contributed by atoms with Crippen molar-refractivity contribution in [1.82, 2.24) is 0 Å². The molecule has 0 unspecified atom stereocenters. The van der Waals surface area contributed by atoms with Gasteiger partial charge in [0.2, 0.25) is 6.33 Å². The minimum Gasteiger partial charge on any atom is -0.296 e. The van der Waals surface area contributed by atoms with E-state index in [0.29, 0.717) is 0 Å². The molecule has 0 aromatic rings. The van der Waals surface area contributed by atoms with Crippen LogP contribution in [0.15, 0.2) is 24.2 Å². The molecule has 1 aliphatic rings. The van der Waals surface area contributed by atoms with Gasteiger partial charge < -0.3 is 0 Å². The molecular weight excluding hydrogens is 95.1 g/mol. The van der Waals surface area contributed by atoms with Crippen molar-refractivity contribution in [3.63, 3.8) is 0 Å². The molecule has 0 nitrogen and oxygen atoms in total. The molecule has 1 heterocycles. The Bertz CT molecular complexity index is 73.5. The second-order valence-corrected chi connectivity index (χ2v) is 2.14. The van der Waals surface area contributed by atoms with E-state index in [1.807, 2.05) is 17.9 Å². The van der Waals surface area contributed by atoms with Gasteiger partial charge in [0.05, 0.1) is 0 Å². The average Bonchev–Trinajstić information content (AvgIpc) is 1.72. The van der Waals surface area contributed by atoms with Crippen LogP contribution in [0.1, 0.15) is 0 Å². The Morgan fingerprint density at radius 1 is 1.33 bits per heavy atom. The lowest BCUT2D eigenvalue weighted by Crippen LogP contribution is -1.86. The maximum absolute atomic E-state index is 5.83. The maximum atomic E-state index is 5.83. The first-order valence-electron chi connectivity index (χ1n) is 1.89. The van der Waals surface area contributed by atoms with E-state index in [-0.39, 0.29) is 9.85 Å². The molecule has 0 bridgehead atoms. The molecule has 0 atom stereocenters. The Morgan fingerprint density at radius 2 is 2.33 bits per heavy atom. The smallest absolute Gasteiger partial charge is 0.296 e. The highest BCUT2D eigenvalue weighted by atomic mass is 28.3. The van der Waals surface area contributed by atoms with E-state index in [4.69, 9.17) is 3.79 Å². The minimum atomic E-state index is -0.384. The maximum Gasteiger partial charge on any atom is 0.480 e. The molecule has 1 aliphatic heterocycles. The molecule has 0 spiro atoms.